The minimum atomic E-state index is -0.349. The molecule has 8 heteroatoms. The minimum absolute atomic E-state index is 0.201. The summed E-state index contributed by atoms with van der Waals surface area (Å²) < 4.78 is 11.6. The van der Waals surface area contributed by atoms with Gasteiger partial charge >= 0.3 is 0 Å². The molecule has 0 saturated heterocycles. The molecule has 1 heterocycles. The number of thioether (sulfide) groups is 1. The fraction of sp³-hybridized carbons (Fsp3) is 0.318. The summed E-state index contributed by atoms with van der Waals surface area (Å²) >= 11 is 1.32. The summed E-state index contributed by atoms with van der Waals surface area (Å²) in [5.74, 6) is 1.14. The van der Waals surface area contributed by atoms with Crippen molar-refractivity contribution in [3.63, 3.8) is 0 Å². The van der Waals surface area contributed by atoms with E-state index in [2.05, 4.69) is 10.4 Å². The second-order valence-electron chi connectivity index (χ2n) is 6.86. The monoisotopic (exact) mass is 427 g/mol. The molecule has 7 nitrogen and oxygen atoms in total. The number of hydrogen-bond donors (Lipinski definition) is 1. The number of carbonyl (C=O) groups is 2. The molecule has 1 aliphatic rings. The molecule has 1 atom stereocenters. The second-order valence-corrected chi connectivity index (χ2v) is 7.93. The van der Waals surface area contributed by atoms with E-state index in [1.807, 2.05) is 55.5 Å². The number of nitrogens with zero attached hydrogens (tertiary/aromatic N) is 2. The number of carbonyl (C=O) groups excluding carboxylic acids is 2. The molecule has 2 aromatic rings. The van der Waals surface area contributed by atoms with Gasteiger partial charge in [0.15, 0.2) is 5.17 Å². The van der Waals surface area contributed by atoms with E-state index in [0.717, 1.165) is 23.3 Å². The molecule has 0 fully saturated rings. The highest BCUT2D eigenvalue weighted by Gasteiger charge is 2.32. The maximum Gasteiger partial charge on any atom is 0.241 e. The molecule has 0 saturated carbocycles. The van der Waals surface area contributed by atoms with Crippen LogP contribution in [0.2, 0.25) is 0 Å². The number of amidine groups is 1. The molecule has 0 bridgehead atoms. The SMILES string of the molecule is CC(=O)NC1=NN(C(C)=O)[C@@H](c2cccc(OCCCOc3cccc(C)c3)c2)S1. The summed E-state index contributed by atoms with van der Waals surface area (Å²) in [4.78, 5) is 23.3. The van der Waals surface area contributed by atoms with Crippen molar-refractivity contribution in [2.45, 2.75) is 32.6 Å². The smallest absolute Gasteiger partial charge is 0.241 e. The predicted octanol–water partition coefficient (Wildman–Crippen LogP) is 3.84. The van der Waals surface area contributed by atoms with Gasteiger partial charge in [-0.25, -0.2) is 5.01 Å². The van der Waals surface area contributed by atoms with Crippen molar-refractivity contribution in [1.82, 2.24) is 10.3 Å². The van der Waals surface area contributed by atoms with Crippen LogP contribution >= 0.6 is 11.8 Å². The van der Waals surface area contributed by atoms with Gasteiger partial charge in [0.05, 0.1) is 13.2 Å². The van der Waals surface area contributed by atoms with Crippen LogP contribution in [0.5, 0.6) is 11.5 Å². The number of nitrogens with one attached hydrogen (secondary N) is 1. The first-order valence-electron chi connectivity index (χ1n) is 9.67. The van der Waals surface area contributed by atoms with E-state index in [1.165, 1.54) is 30.6 Å². The summed E-state index contributed by atoms with van der Waals surface area (Å²) in [6.07, 6.45) is 0.742. The Balaban J connectivity index is 1.54. The standard InChI is InChI=1S/C22H25N3O4S/c1-15-7-4-9-19(13-15)28-11-6-12-29-20-10-5-8-18(14-20)21-25(17(3)27)24-22(30-21)23-16(2)26/h4-5,7-10,13-14,21H,6,11-12H2,1-3H3,(H,23,24,26)/t21-/m1/s1. The lowest BCUT2D eigenvalue weighted by atomic mass is 10.2. The van der Waals surface area contributed by atoms with Gasteiger partial charge in [-0.05, 0) is 42.3 Å². The molecule has 1 N–H and O–H groups in total. The Kier molecular flexibility index (Phi) is 7.35. The van der Waals surface area contributed by atoms with Crippen LogP contribution in [0, 0.1) is 6.92 Å². The Morgan fingerprint density at radius 1 is 1.07 bits per heavy atom. The van der Waals surface area contributed by atoms with Gasteiger partial charge in [0.1, 0.15) is 16.9 Å². The summed E-state index contributed by atoms with van der Waals surface area (Å²) in [5, 5.41) is 8.27. The number of ether oxygens (including phenoxy) is 2. The summed E-state index contributed by atoms with van der Waals surface area (Å²) in [6, 6.07) is 15.5. The zero-order valence-corrected chi connectivity index (χ0v) is 18.1. The van der Waals surface area contributed by atoms with E-state index in [-0.39, 0.29) is 17.2 Å². The number of rotatable bonds is 7. The summed E-state index contributed by atoms with van der Waals surface area (Å²) in [6.45, 7) is 5.96. The molecule has 30 heavy (non-hydrogen) atoms. The Hall–Kier alpha value is -3.00. The highest BCUT2D eigenvalue weighted by Crippen LogP contribution is 2.39. The Morgan fingerprint density at radius 2 is 1.73 bits per heavy atom. The lowest BCUT2D eigenvalue weighted by Gasteiger charge is -2.19. The van der Waals surface area contributed by atoms with Gasteiger partial charge in [-0.3, -0.25) is 9.59 Å². The van der Waals surface area contributed by atoms with Crippen molar-refractivity contribution in [2.75, 3.05) is 13.2 Å². The van der Waals surface area contributed by atoms with Crippen LogP contribution in [0.25, 0.3) is 0 Å². The lowest BCUT2D eigenvalue weighted by Crippen LogP contribution is -2.25. The Labute approximate surface area is 180 Å². The maximum absolute atomic E-state index is 12.0. The number of benzene rings is 2. The molecule has 158 valence electrons. The van der Waals surface area contributed by atoms with Gasteiger partial charge in [0, 0.05) is 20.3 Å². The molecule has 2 amide bonds. The molecular weight excluding hydrogens is 402 g/mol. The topological polar surface area (TPSA) is 80.2 Å². The van der Waals surface area contributed by atoms with Crippen LogP contribution in [0.1, 0.15) is 36.8 Å². The molecule has 2 aromatic carbocycles. The van der Waals surface area contributed by atoms with E-state index in [0.29, 0.717) is 24.1 Å². The highest BCUT2D eigenvalue weighted by atomic mass is 32.2. The van der Waals surface area contributed by atoms with Gasteiger partial charge in [0.25, 0.3) is 0 Å². The molecular formula is C22H25N3O4S. The third-order valence-corrected chi connectivity index (χ3v) is 5.31. The van der Waals surface area contributed by atoms with Gasteiger partial charge in [-0.1, -0.05) is 36.0 Å². The average Bonchev–Trinajstić information content (AvgIpc) is 3.11. The minimum Gasteiger partial charge on any atom is -0.493 e. The third-order valence-electron chi connectivity index (χ3n) is 4.21. The lowest BCUT2D eigenvalue weighted by molar-refractivity contribution is -0.129. The zero-order chi connectivity index (χ0) is 21.5. The van der Waals surface area contributed by atoms with Crippen LogP contribution in [0.15, 0.2) is 53.6 Å². The number of hydrazone groups is 1. The average molecular weight is 428 g/mol. The Bertz CT molecular complexity index is 947. The van der Waals surface area contributed by atoms with E-state index >= 15 is 0 Å². The van der Waals surface area contributed by atoms with Crippen molar-refractivity contribution in [3.05, 3.63) is 59.7 Å². The van der Waals surface area contributed by atoms with Crippen LogP contribution in [0.4, 0.5) is 0 Å². The molecule has 0 unspecified atom stereocenters. The van der Waals surface area contributed by atoms with E-state index in [1.54, 1.807) is 0 Å². The Morgan fingerprint density at radius 3 is 2.37 bits per heavy atom. The fourth-order valence-corrected chi connectivity index (χ4v) is 4.01. The van der Waals surface area contributed by atoms with Gasteiger partial charge in [-0.2, -0.15) is 0 Å². The molecule has 3 rings (SSSR count). The number of aryl methyl sites for hydroxylation is 1. The molecule has 0 aliphatic carbocycles. The first-order valence-corrected chi connectivity index (χ1v) is 10.6. The summed E-state index contributed by atoms with van der Waals surface area (Å²) in [5.41, 5.74) is 2.03. The maximum atomic E-state index is 12.0. The van der Waals surface area contributed by atoms with Crippen molar-refractivity contribution >= 4 is 28.7 Å². The first-order chi connectivity index (χ1) is 14.4. The van der Waals surface area contributed by atoms with Gasteiger partial charge < -0.3 is 14.8 Å². The largest absolute Gasteiger partial charge is 0.493 e. The van der Waals surface area contributed by atoms with Crippen molar-refractivity contribution < 1.29 is 19.1 Å². The second kappa shape index (κ2) is 10.2. The third kappa shape index (κ3) is 6.00. The number of amides is 2. The van der Waals surface area contributed by atoms with Crippen molar-refractivity contribution in [1.29, 1.82) is 0 Å². The summed E-state index contributed by atoms with van der Waals surface area (Å²) in [7, 11) is 0. The molecule has 1 aliphatic heterocycles. The van der Waals surface area contributed by atoms with Crippen molar-refractivity contribution in [2.24, 2.45) is 5.10 Å². The number of hydrogen-bond acceptors (Lipinski definition) is 6. The molecule has 0 spiro atoms. The van der Waals surface area contributed by atoms with Crippen molar-refractivity contribution in [3.8, 4) is 11.5 Å². The quantitative estimate of drug-likeness (QED) is 0.679. The zero-order valence-electron chi connectivity index (χ0n) is 17.3. The normalized spacial score (nSPS) is 15.5. The van der Waals surface area contributed by atoms with E-state index in [4.69, 9.17) is 9.47 Å². The van der Waals surface area contributed by atoms with Gasteiger partial charge in [-0.15, -0.1) is 5.10 Å². The first kappa shape index (κ1) is 21.7. The van der Waals surface area contributed by atoms with Crippen LogP contribution in [0.3, 0.4) is 0 Å². The molecule has 0 radical (unpaired) electrons. The van der Waals surface area contributed by atoms with E-state index in [9.17, 15) is 9.59 Å². The van der Waals surface area contributed by atoms with Crippen LogP contribution < -0.4 is 14.8 Å². The fourth-order valence-electron chi connectivity index (χ4n) is 2.88. The highest BCUT2D eigenvalue weighted by molar-refractivity contribution is 8.14. The van der Waals surface area contributed by atoms with Crippen LogP contribution in [-0.2, 0) is 9.59 Å². The van der Waals surface area contributed by atoms with Gasteiger partial charge in [0.2, 0.25) is 11.8 Å². The predicted molar refractivity (Wildman–Crippen MR) is 117 cm³/mol. The van der Waals surface area contributed by atoms with E-state index < -0.39 is 0 Å². The van der Waals surface area contributed by atoms with Crippen LogP contribution in [-0.4, -0.2) is 35.2 Å². The molecule has 0 aromatic heterocycles.